The van der Waals surface area contributed by atoms with Gasteiger partial charge in [0.25, 0.3) is 0 Å². The molecule has 0 saturated heterocycles. The highest BCUT2D eigenvalue weighted by molar-refractivity contribution is 7.90. The van der Waals surface area contributed by atoms with Crippen LogP contribution in [0.15, 0.2) is 70.7 Å². The quantitative estimate of drug-likeness (QED) is 0.236. The molecule has 0 fully saturated rings. The fourth-order valence-electron chi connectivity index (χ4n) is 3.42. The number of hydrogen-bond acceptors (Lipinski definition) is 7. The van der Waals surface area contributed by atoms with E-state index in [1.165, 1.54) is 37.5 Å². The van der Waals surface area contributed by atoms with Crippen molar-refractivity contribution in [1.82, 2.24) is 9.71 Å². The lowest BCUT2D eigenvalue weighted by atomic mass is 9.94. The molecule has 34 heavy (non-hydrogen) atoms. The van der Waals surface area contributed by atoms with Crippen LogP contribution >= 0.6 is 0 Å². The number of esters is 1. The van der Waals surface area contributed by atoms with Crippen molar-refractivity contribution in [3.05, 3.63) is 66.5 Å². The number of aryl methyl sites for hydroxylation is 1. The number of rotatable bonds is 14. The predicted octanol–water partition coefficient (Wildman–Crippen LogP) is 3.30. The predicted molar refractivity (Wildman–Crippen MR) is 130 cm³/mol. The number of pyridine rings is 1. The molecule has 1 heterocycles. The first-order valence-corrected chi connectivity index (χ1v) is 14.4. The molecule has 0 amide bonds. The Morgan fingerprint density at radius 1 is 1.03 bits per heavy atom. The molecule has 0 radical (unpaired) electrons. The summed E-state index contributed by atoms with van der Waals surface area (Å²) in [5.74, 6) is -0.220. The number of benzene rings is 1. The fourth-order valence-corrected chi connectivity index (χ4v) is 5.13. The first-order valence-electron chi connectivity index (χ1n) is 11.1. The summed E-state index contributed by atoms with van der Waals surface area (Å²) in [5.41, 5.74) is 1.16. The molecular weight excluding hydrogens is 476 g/mol. The number of sulfone groups is 1. The Balaban J connectivity index is 1.82. The second kappa shape index (κ2) is 13.4. The first-order chi connectivity index (χ1) is 16.1. The molecule has 0 aliphatic heterocycles. The largest absolute Gasteiger partial charge is 0.466 e. The topological polar surface area (TPSA) is 119 Å². The maximum absolute atomic E-state index is 12.4. The maximum atomic E-state index is 12.4. The highest BCUT2D eigenvalue weighted by atomic mass is 32.2. The van der Waals surface area contributed by atoms with E-state index in [9.17, 15) is 21.6 Å². The third-order valence-electron chi connectivity index (χ3n) is 5.32. The van der Waals surface area contributed by atoms with Crippen LogP contribution in [0.5, 0.6) is 0 Å². The zero-order valence-corrected chi connectivity index (χ0v) is 21.1. The lowest BCUT2D eigenvalue weighted by Gasteiger charge is -2.13. The van der Waals surface area contributed by atoms with Crippen LogP contribution in [-0.2, 0) is 35.8 Å². The Morgan fingerprint density at radius 2 is 1.71 bits per heavy atom. The molecule has 0 bridgehead atoms. The van der Waals surface area contributed by atoms with Gasteiger partial charge in [0.15, 0.2) is 9.84 Å². The molecule has 8 nitrogen and oxygen atoms in total. The van der Waals surface area contributed by atoms with E-state index in [1.807, 2.05) is 24.4 Å². The van der Waals surface area contributed by atoms with Crippen molar-refractivity contribution in [3.8, 4) is 0 Å². The summed E-state index contributed by atoms with van der Waals surface area (Å²) >= 11 is 0. The van der Waals surface area contributed by atoms with Gasteiger partial charge in [-0.3, -0.25) is 4.98 Å². The van der Waals surface area contributed by atoms with Gasteiger partial charge in [-0.2, -0.15) is 0 Å². The van der Waals surface area contributed by atoms with Crippen LogP contribution in [0.25, 0.3) is 0 Å². The molecule has 1 aromatic heterocycles. The molecular formula is C24H32N2O6S2. The summed E-state index contributed by atoms with van der Waals surface area (Å²) in [6.07, 6.45) is 12.9. The molecule has 2 rings (SSSR count). The summed E-state index contributed by atoms with van der Waals surface area (Å²) in [6.45, 7) is 0.263. The number of sulfonamides is 1. The van der Waals surface area contributed by atoms with Crippen molar-refractivity contribution in [1.29, 1.82) is 0 Å². The summed E-state index contributed by atoms with van der Waals surface area (Å²) in [6, 6.07) is 9.09. The minimum absolute atomic E-state index is 0.0224. The van der Waals surface area contributed by atoms with Gasteiger partial charge in [-0.05, 0) is 73.9 Å². The van der Waals surface area contributed by atoms with Crippen LogP contribution in [0.1, 0.15) is 37.7 Å². The van der Waals surface area contributed by atoms with Crippen LogP contribution < -0.4 is 4.72 Å². The van der Waals surface area contributed by atoms with Gasteiger partial charge in [0.2, 0.25) is 10.0 Å². The highest BCUT2D eigenvalue weighted by Gasteiger charge is 2.15. The number of methoxy groups -OCH3 is 1. The molecule has 1 N–H and O–H groups in total. The number of nitrogens with one attached hydrogen (secondary N) is 1. The number of nitrogens with zero attached hydrogens (tertiary/aromatic N) is 1. The van der Waals surface area contributed by atoms with E-state index in [0.29, 0.717) is 6.42 Å². The van der Waals surface area contributed by atoms with E-state index in [0.717, 1.165) is 43.9 Å². The van der Waals surface area contributed by atoms with Crippen molar-refractivity contribution in [2.45, 2.75) is 48.3 Å². The van der Waals surface area contributed by atoms with Crippen molar-refractivity contribution >= 4 is 25.8 Å². The van der Waals surface area contributed by atoms with Crippen LogP contribution in [0, 0.1) is 5.92 Å². The van der Waals surface area contributed by atoms with Crippen LogP contribution in [0.3, 0.4) is 0 Å². The van der Waals surface area contributed by atoms with E-state index >= 15 is 0 Å². The molecule has 186 valence electrons. The molecule has 1 aromatic carbocycles. The molecule has 0 spiro atoms. The third-order valence-corrected chi connectivity index (χ3v) is 7.93. The van der Waals surface area contributed by atoms with Gasteiger partial charge in [-0.15, -0.1) is 0 Å². The first kappa shape index (κ1) is 27.7. The molecule has 1 atom stereocenters. The Kier molecular flexibility index (Phi) is 10.9. The number of carbonyl (C=O) groups is 1. The SMILES string of the molecule is COC(=O)/C=C/C(CCCCNS(=O)(=O)c1ccc(S(C)(=O)=O)cc1)CCCc1cccnc1. The molecule has 0 aliphatic carbocycles. The van der Waals surface area contributed by atoms with Crippen molar-refractivity contribution in [2.24, 2.45) is 5.92 Å². The van der Waals surface area contributed by atoms with E-state index < -0.39 is 25.8 Å². The van der Waals surface area contributed by atoms with Crippen molar-refractivity contribution < 1.29 is 26.4 Å². The zero-order valence-electron chi connectivity index (χ0n) is 19.5. The van der Waals surface area contributed by atoms with Gasteiger partial charge in [0, 0.05) is 31.3 Å². The molecule has 0 aliphatic rings. The van der Waals surface area contributed by atoms with E-state index in [1.54, 1.807) is 6.20 Å². The highest BCUT2D eigenvalue weighted by Crippen LogP contribution is 2.19. The van der Waals surface area contributed by atoms with Gasteiger partial charge in [-0.25, -0.2) is 26.4 Å². The lowest BCUT2D eigenvalue weighted by molar-refractivity contribution is -0.134. The van der Waals surface area contributed by atoms with Gasteiger partial charge >= 0.3 is 5.97 Å². The van der Waals surface area contributed by atoms with Crippen molar-refractivity contribution in [2.75, 3.05) is 19.9 Å². The number of allylic oxidation sites excluding steroid dienone is 1. The molecule has 1 unspecified atom stereocenters. The number of carbonyl (C=O) groups excluding carboxylic acids is 1. The van der Waals surface area contributed by atoms with Crippen LogP contribution in [-0.4, -0.2) is 47.7 Å². The van der Waals surface area contributed by atoms with E-state index in [4.69, 9.17) is 0 Å². The van der Waals surface area contributed by atoms with Crippen LogP contribution in [0.2, 0.25) is 0 Å². The summed E-state index contributed by atoms with van der Waals surface area (Å²) < 4.78 is 55.2. The summed E-state index contributed by atoms with van der Waals surface area (Å²) in [7, 11) is -5.77. The van der Waals surface area contributed by atoms with Gasteiger partial charge < -0.3 is 4.74 Å². The third kappa shape index (κ3) is 9.74. The lowest BCUT2D eigenvalue weighted by Crippen LogP contribution is -2.24. The average molecular weight is 509 g/mol. The van der Waals surface area contributed by atoms with E-state index in [2.05, 4.69) is 14.4 Å². The Morgan fingerprint density at radius 3 is 2.32 bits per heavy atom. The average Bonchev–Trinajstić information content (AvgIpc) is 2.81. The van der Waals surface area contributed by atoms with E-state index in [-0.39, 0.29) is 22.3 Å². The number of hydrogen-bond donors (Lipinski definition) is 1. The standard InChI is InChI=1S/C24H32N2O6S2/c1-32-24(27)16-11-20(8-5-9-21-10-6-17-25-19-21)7-3-4-18-26-34(30,31)23-14-12-22(13-15-23)33(2,28)29/h6,10-17,19-20,26H,3-5,7-9,18H2,1-2H3/b16-11+. The molecule has 2 aromatic rings. The van der Waals surface area contributed by atoms with Crippen LogP contribution in [0.4, 0.5) is 0 Å². The zero-order chi connectivity index (χ0) is 25.0. The second-order valence-corrected chi connectivity index (χ2v) is 11.8. The summed E-state index contributed by atoms with van der Waals surface area (Å²) in [4.78, 5) is 15.7. The monoisotopic (exact) mass is 508 g/mol. The normalized spacial score (nSPS) is 13.1. The smallest absolute Gasteiger partial charge is 0.330 e. The second-order valence-electron chi connectivity index (χ2n) is 8.03. The fraction of sp³-hybridized carbons (Fsp3) is 0.417. The Hall–Kier alpha value is -2.56. The molecule has 10 heteroatoms. The number of aromatic nitrogens is 1. The Bertz CT molecular complexity index is 1150. The maximum Gasteiger partial charge on any atom is 0.330 e. The Labute approximate surface area is 202 Å². The summed E-state index contributed by atoms with van der Waals surface area (Å²) in [5, 5.41) is 0. The number of ether oxygens (including phenoxy) is 1. The number of unbranched alkanes of at least 4 members (excludes halogenated alkanes) is 1. The minimum Gasteiger partial charge on any atom is -0.466 e. The van der Waals surface area contributed by atoms with Gasteiger partial charge in [0.1, 0.15) is 0 Å². The van der Waals surface area contributed by atoms with Crippen molar-refractivity contribution in [3.63, 3.8) is 0 Å². The van der Waals surface area contributed by atoms with Gasteiger partial charge in [0.05, 0.1) is 16.9 Å². The minimum atomic E-state index is -3.72. The van der Waals surface area contributed by atoms with Gasteiger partial charge in [-0.1, -0.05) is 18.6 Å². The molecule has 0 saturated carbocycles.